The fourth-order valence-corrected chi connectivity index (χ4v) is 7.97. The molecule has 0 radical (unpaired) electrons. The van der Waals surface area contributed by atoms with Crippen LogP contribution in [0.15, 0.2) is 151 Å². The van der Waals surface area contributed by atoms with Crippen LogP contribution in [0.2, 0.25) is 0 Å². The van der Waals surface area contributed by atoms with Gasteiger partial charge in [-0.1, -0.05) is 103 Å². The van der Waals surface area contributed by atoms with Crippen molar-refractivity contribution in [2.75, 3.05) is 10.0 Å². The molecule has 0 unspecified atom stereocenters. The number of nitrogens with zero attached hydrogens (tertiary/aromatic N) is 4. The molecule has 0 aliphatic heterocycles. The summed E-state index contributed by atoms with van der Waals surface area (Å²) in [6.45, 7) is 1.12. The van der Waals surface area contributed by atoms with Crippen molar-refractivity contribution in [2.24, 2.45) is 0 Å². The molecule has 0 saturated carbocycles. The summed E-state index contributed by atoms with van der Waals surface area (Å²) in [5, 5.41) is 11.1. The number of benzene rings is 4. The number of hydrazine groups is 1. The maximum atomic E-state index is 14.0. The highest BCUT2D eigenvalue weighted by atomic mass is 32.1. The van der Waals surface area contributed by atoms with E-state index in [4.69, 9.17) is 9.97 Å². The molecule has 0 spiro atoms. The predicted molar refractivity (Wildman–Crippen MR) is 195 cm³/mol. The lowest BCUT2D eigenvalue weighted by Gasteiger charge is -2.38. The van der Waals surface area contributed by atoms with Crippen LogP contribution in [0, 0.1) is 5.82 Å². The Hall–Kier alpha value is -5.37. The minimum atomic E-state index is -0.254. The quantitative estimate of drug-likeness (QED) is 0.146. The fraction of sp³-hybridized carbons (Fsp3) is 0.0500. The van der Waals surface area contributed by atoms with Crippen LogP contribution < -0.4 is 10.0 Å². The van der Waals surface area contributed by atoms with E-state index in [1.165, 1.54) is 16.8 Å². The Kier molecular flexibility index (Phi) is 7.91. The van der Waals surface area contributed by atoms with Gasteiger partial charge in [0.05, 0.1) is 13.1 Å². The molecule has 4 heterocycles. The lowest BCUT2D eigenvalue weighted by atomic mass is 10.0. The Balaban J connectivity index is 1.39. The van der Waals surface area contributed by atoms with E-state index >= 15 is 0 Å². The first-order valence-corrected chi connectivity index (χ1v) is 17.2. The molecule has 7 heteroatoms. The van der Waals surface area contributed by atoms with Crippen molar-refractivity contribution in [1.29, 1.82) is 0 Å². The Morgan fingerprint density at radius 1 is 0.489 bits per heavy atom. The second kappa shape index (κ2) is 12.8. The fourth-order valence-electron chi connectivity index (χ4n) is 6.06. The van der Waals surface area contributed by atoms with Gasteiger partial charge in [-0.3, -0.25) is 10.0 Å². The molecule has 0 bridgehead atoms. The zero-order valence-electron chi connectivity index (χ0n) is 25.3. The summed E-state index contributed by atoms with van der Waals surface area (Å²) in [7, 11) is 0. The van der Waals surface area contributed by atoms with Crippen molar-refractivity contribution < 1.29 is 4.39 Å². The molecule has 8 aromatic rings. The van der Waals surface area contributed by atoms with E-state index in [-0.39, 0.29) is 5.82 Å². The average Bonchev–Trinajstić information content (AvgIpc) is 3.77. The van der Waals surface area contributed by atoms with Gasteiger partial charge in [-0.15, -0.1) is 22.7 Å². The SMILES string of the molecule is Fc1ccc(-c2csc3ccnc(N(Cc4ccccc4)N(Cc4ccccc4)c4nccc5scc(-c6ccccc6)c45)c23)cc1. The molecule has 0 N–H and O–H groups in total. The lowest BCUT2D eigenvalue weighted by Crippen LogP contribution is -2.43. The second-order valence-corrected chi connectivity index (χ2v) is 13.1. The molecule has 0 amide bonds. The van der Waals surface area contributed by atoms with Crippen molar-refractivity contribution in [3.05, 3.63) is 167 Å². The number of aromatic nitrogens is 2. The van der Waals surface area contributed by atoms with Crippen LogP contribution in [-0.2, 0) is 13.1 Å². The monoisotopic (exact) mass is 648 g/mol. The number of thiophene rings is 2. The smallest absolute Gasteiger partial charge is 0.156 e. The number of pyridine rings is 2. The van der Waals surface area contributed by atoms with Crippen molar-refractivity contribution in [3.63, 3.8) is 0 Å². The van der Waals surface area contributed by atoms with Gasteiger partial charge in [0.15, 0.2) is 11.6 Å². The van der Waals surface area contributed by atoms with Gasteiger partial charge in [-0.05, 0) is 57.3 Å². The summed E-state index contributed by atoms with van der Waals surface area (Å²) in [5.41, 5.74) is 6.57. The molecule has 4 nitrogen and oxygen atoms in total. The molecular formula is C40H29FN4S2. The minimum absolute atomic E-state index is 0.254. The highest BCUT2D eigenvalue weighted by Crippen LogP contribution is 2.43. The summed E-state index contributed by atoms with van der Waals surface area (Å²) >= 11 is 3.41. The summed E-state index contributed by atoms with van der Waals surface area (Å²) in [5.74, 6) is 1.42. The minimum Gasteiger partial charge on any atom is -0.261 e. The van der Waals surface area contributed by atoms with Gasteiger partial charge in [0.1, 0.15) is 5.82 Å². The number of hydrogen-bond acceptors (Lipinski definition) is 6. The predicted octanol–water partition coefficient (Wildman–Crippen LogP) is 11.0. The van der Waals surface area contributed by atoms with Crippen LogP contribution in [0.5, 0.6) is 0 Å². The molecule has 0 saturated heterocycles. The van der Waals surface area contributed by atoms with E-state index < -0.39 is 0 Å². The molecule has 0 aliphatic rings. The second-order valence-electron chi connectivity index (χ2n) is 11.3. The van der Waals surface area contributed by atoms with Crippen LogP contribution in [0.25, 0.3) is 42.4 Å². The molecule has 8 rings (SSSR count). The van der Waals surface area contributed by atoms with E-state index in [2.05, 4.69) is 106 Å². The number of hydrogen-bond donors (Lipinski definition) is 0. The zero-order valence-corrected chi connectivity index (χ0v) is 27.0. The van der Waals surface area contributed by atoms with Crippen LogP contribution in [-0.4, -0.2) is 9.97 Å². The van der Waals surface area contributed by atoms with Gasteiger partial charge in [-0.2, -0.15) is 0 Å². The van der Waals surface area contributed by atoms with E-state index in [0.29, 0.717) is 13.1 Å². The largest absolute Gasteiger partial charge is 0.261 e. The van der Waals surface area contributed by atoms with Gasteiger partial charge in [-0.25, -0.2) is 14.4 Å². The van der Waals surface area contributed by atoms with E-state index in [9.17, 15) is 4.39 Å². The zero-order chi connectivity index (χ0) is 31.6. The molecule has 0 aliphatic carbocycles. The normalized spacial score (nSPS) is 11.3. The third-order valence-corrected chi connectivity index (χ3v) is 10.2. The molecular weight excluding hydrogens is 620 g/mol. The van der Waals surface area contributed by atoms with Crippen LogP contribution in [0.3, 0.4) is 0 Å². The van der Waals surface area contributed by atoms with Crippen LogP contribution in [0.4, 0.5) is 16.0 Å². The van der Waals surface area contributed by atoms with Gasteiger partial charge in [0, 0.05) is 43.7 Å². The molecule has 0 fully saturated rings. The third kappa shape index (κ3) is 5.76. The first kappa shape index (κ1) is 29.1. The summed E-state index contributed by atoms with van der Waals surface area (Å²) in [6.07, 6.45) is 3.79. The Bertz CT molecular complexity index is 2270. The highest BCUT2D eigenvalue weighted by molar-refractivity contribution is 7.18. The summed E-state index contributed by atoms with van der Waals surface area (Å²) in [4.78, 5) is 10.2. The Morgan fingerprint density at radius 3 is 1.38 bits per heavy atom. The maximum Gasteiger partial charge on any atom is 0.156 e. The Labute approximate surface area is 280 Å². The van der Waals surface area contributed by atoms with Crippen LogP contribution >= 0.6 is 22.7 Å². The van der Waals surface area contributed by atoms with Crippen molar-refractivity contribution in [3.8, 4) is 22.3 Å². The van der Waals surface area contributed by atoms with Gasteiger partial charge >= 0.3 is 0 Å². The van der Waals surface area contributed by atoms with E-state index in [0.717, 1.165) is 60.5 Å². The molecule has 0 atom stereocenters. The molecule has 228 valence electrons. The van der Waals surface area contributed by atoms with Crippen molar-refractivity contribution in [1.82, 2.24) is 9.97 Å². The topological polar surface area (TPSA) is 32.3 Å². The maximum absolute atomic E-state index is 14.0. The standard InChI is InChI=1S/C40H29FN4S2/c41-32-18-16-31(17-19-32)34-27-47-36-21-23-43-40(38(34)36)45(25-29-12-6-2-7-13-29)44(24-28-10-4-1-5-11-28)39-37-33(30-14-8-3-9-15-30)26-46-35(37)20-22-42-39/h1-23,26-27H,24-25H2. The third-order valence-electron chi connectivity index (χ3n) is 8.30. The van der Waals surface area contributed by atoms with Gasteiger partial charge in [0.25, 0.3) is 0 Å². The average molecular weight is 649 g/mol. The highest BCUT2D eigenvalue weighted by Gasteiger charge is 2.27. The summed E-state index contributed by atoms with van der Waals surface area (Å²) in [6, 6.07) is 42.4. The summed E-state index contributed by atoms with van der Waals surface area (Å²) < 4.78 is 16.3. The Morgan fingerprint density at radius 2 is 0.915 bits per heavy atom. The van der Waals surface area contributed by atoms with Crippen LogP contribution in [0.1, 0.15) is 11.1 Å². The first-order valence-electron chi connectivity index (χ1n) is 15.4. The van der Waals surface area contributed by atoms with E-state index in [1.807, 2.05) is 42.7 Å². The first-order chi connectivity index (χ1) is 23.2. The number of anilines is 2. The molecule has 47 heavy (non-hydrogen) atoms. The van der Waals surface area contributed by atoms with Gasteiger partial charge in [0.2, 0.25) is 0 Å². The van der Waals surface area contributed by atoms with Gasteiger partial charge < -0.3 is 0 Å². The van der Waals surface area contributed by atoms with Crippen molar-refractivity contribution >= 4 is 54.5 Å². The van der Waals surface area contributed by atoms with E-state index in [1.54, 1.807) is 22.7 Å². The number of halogens is 1. The van der Waals surface area contributed by atoms with Crippen molar-refractivity contribution in [2.45, 2.75) is 13.1 Å². The number of fused-ring (bicyclic) bond motifs is 2. The number of rotatable bonds is 9. The molecule has 4 aromatic carbocycles. The molecule has 4 aromatic heterocycles. The lowest BCUT2D eigenvalue weighted by molar-refractivity contribution is 0.628.